The minimum absolute atomic E-state index is 0.0284. The summed E-state index contributed by atoms with van der Waals surface area (Å²) >= 11 is 0.723. The zero-order valence-electron chi connectivity index (χ0n) is 18.1. The molecule has 3 N–H and O–H groups in total. The van der Waals surface area contributed by atoms with Crippen LogP contribution in [0.2, 0.25) is 0 Å². The number of anilines is 1. The number of urea groups is 1. The Kier molecular flexibility index (Phi) is 9.27. The van der Waals surface area contributed by atoms with E-state index in [4.69, 9.17) is 4.74 Å². The van der Waals surface area contributed by atoms with E-state index in [2.05, 4.69) is 25.1 Å². The predicted octanol–water partition coefficient (Wildman–Crippen LogP) is 3.74. The van der Waals surface area contributed by atoms with Crippen LogP contribution in [-0.4, -0.2) is 42.6 Å². The molecule has 176 valence electrons. The van der Waals surface area contributed by atoms with Crippen LogP contribution >= 0.6 is 11.5 Å². The van der Waals surface area contributed by atoms with E-state index in [1.807, 2.05) is 13.8 Å². The van der Waals surface area contributed by atoms with Gasteiger partial charge in [0.15, 0.2) is 17.2 Å². The van der Waals surface area contributed by atoms with Gasteiger partial charge in [-0.3, -0.25) is 5.32 Å². The van der Waals surface area contributed by atoms with Gasteiger partial charge in [0.25, 0.3) is 0 Å². The molecule has 0 fully saturated rings. The Morgan fingerprint density at radius 3 is 2.56 bits per heavy atom. The smallest absolute Gasteiger partial charge is 0.346 e. The molecule has 0 spiro atoms. The Morgan fingerprint density at radius 2 is 1.91 bits per heavy atom. The largest absolute Gasteiger partial charge is 0.471 e. The van der Waals surface area contributed by atoms with Crippen molar-refractivity contribution in [3.05, 3.63) is 40.2 Å². The summed E-state index contributed by atoms with van der Waals surface area (Å²) in [5, 5.41) is 8.36. The van der Waals surface area contributed by atoms with Crippen LogP contribution in [0.4, 0.5) is 23.0 Å². The third-order valence-electron chi connectivity index (χ3n) is 4.26. The Balaban J connectivity index is 2.08. The van der Waals surface area contributed by atoms with E-state index in [1.54, 1.807) is 0 Å². The fourth-order valence-corrected chi connectivity index (χ4v) is 3.31. The zero-order valence-corrected chi connectivity index (χ0v) is 18.9. The van der Waals surface area contributed by atoms with Crippen molar-refractivity contribution < 1.29 is 32.2 Å². The summed E-state index contributed by atoms with van der Waals surface area (Å²) in [4.78, 5) is 24.3. The van der Waals surface area contributed by atoms with Crippen LogP contribution in [0.3, 0.4) is 0 Å². The summed E-state index contributed by atoms with van der Waals surface area (Å²) < 4.78 is 55.7. The molecule has 1 heterocycles. The second-order valence-corrected chi connectivity index (χ2v) is 7.87. The number of hydrogen-bond donors (Lipinski definition) is 3. The molecule has 2 rings (SSSR count). The first-order chi connectivity index (χ1) is 15.1. The average Bonchev–Trinajstić information content (AvgIpc) is 3.13. The van der Waals surface area contributed by atoms with Crippen molar-refractivity contribution in [2.75, 3.05) is 25.5 Å². The number of ether oxygens (including phenoxy) is 2. The van der Waals surface area contributed by atoms with Crippen LogP contribution in [-0.2, 0) is 11.3 Å². The lowest BCUT2D eigenvalue weighted by molar-refractivity contribution is 0.0596. The highest BCUT2D eigenvalue weighted by atomic mass is 32.1. The summed E-state index contributed by atoms with van der Waals surface area (Å²) in [5.74, 6) is -4.76. The molecular formula is C20H25F3N4O4S. The van der Waals surface area contributed by atoms with Crippen LogP contribution in [0, 0.1) is 24.4 Å². The summed E-state index contributed by atoms with van der Waals surface area (Å²) in [6.45, 7) is 5.63. The molecule has 2 amide bonds. The molecule has 0 aliphatic heterocycles. The van der Waals surface area contributed by atoms with Gasteiger partial charge in [0, 0.05) is 12.6 Å². The number of rotatable bonds is 10. The molecule has 1 aromatic heterocycles. The first-order valence-corrected chi connectivity index (χ1v) is 10.5. The average molecular weight is 475 g/mol. The number of aryl methyl sites for hydroxylation is 1. The molecule has 0 saturated heterocycles. The second kappa shape index (κ2) is 11.7. The first kappa shape index (κ1) is 25.4. The van der Waals surface area contributed by atoms with E-state index in [0.717, 1.165) is 31.3 Å². The molecule has 0 aliphatic carbocycles. The maximum atomic E-state index is 14.1. The topological polar surface area (TPSA) is 102 Å². The Hall–Kier alpha value is -2.86. The van der Waals surface area contributed by atoms with Crippen molar-refractivity contribution in [1.82, 2.24) is 15.0 Å². The van der Waals surface area contributed by atoms with Crippen LogP contribution in [0.1, 0.15) is 41.8 Å². The molecule has 0 unspecified atom stereocenters. The monoisotopic (exact) mass is 474 g/mol. The van der Waals surface area contributed by atoms with Crippen molar-refractivity contribution >= 4 is 28.5 Å². The fraction of sp³-hybridized carbons (Fsp3) is 0.450. The molecule has 32 heavy (non-hydrogen) atoms. The van der Waals surface area contributed by atoms with Crippen LogP contribution in [0.15, 0.2) is 6.07 Å². The van der Waals surface area contributed by atoms with Crippen molar-refractivity contribution in [2.24, 2.45) is 0 Å². The third-order valence-corrected chi connectivity index (χ3v) is 5.00. The summed E-state index contributed by atoms with van der Waals surface area (Å²) in [7, 11) is 1.12. The number of aromatic nitrogens is 1. The van der Waals surface area contributed by atoms with Crippen molar-refractivity contribution in [3.8, 4) is 5.88 Å². The highest BCUT2D eigenvalue weighted by Gasteiger charge is 2.26. The van der Waals surface area contributed by atoms with Gasteiger partial charge in [0.05, 0.1) is 12.7 Å². The number of nitrogens with one attached hydrogen (secondary N) is 3. The maximum absolute atomic E-state index is 14.1. The van der Waals surface area contributed by atoms with Gasteiger partial charge in [-0.2, -0.15) is 4.37 Å². The Morgan fingerprint density at radius 1 is 1.19 bits per heavy atom. The van der Waals surface area contributed by atoms with Gasteiger partial charge < -0.3 is 20.1 Å². The van der Waals surface area contributed by atoms with E-state index < -0.39 is 41.6 Å². The van der Waals surface area contributed by atoms with Crippen LogP contribution in [0.5, 0.6) is 5.88 Å². The number of carbonyl (C=O) groups excluding carboxylic acids is 2. The lowest BCUT2D eigenvalue weighted by Crippen LogP contribution is -2.32. The van der Waals surface area contributed by atoms with E-state index in [1.165, 1.54) is 6.92 Å². The molecular weight excluding hydrogens is 449 g/mol. The van der Waals surface area contributed by atoms with Crippen molar-refractivity contribution in [2.45, 2.75) is 39.8 Å². The van der Waals surface area contributed by atoms with E-state index in [-0.39, 0.29) is 22.0 Å². The third kappa shape index (κ3) is 6.57. The van der Waals surface area contributed by atoms with Crippen LogP contribution < -0.4 is 20.7 Å². The minimum atomic E-state index is -1.39. The normalized spacial score (nSPS) is 10.9. The number of hydrogen-bond acceptors (Lipinski definition) is 7. The summed E-state index contributed by atoms with van der Waals surface area (Å²) in [6.07, 6.45) is 0.691. The Bertz CT molecular complexity index is 969. The number of nitrogens with zero attached hydrogens (tertiary/aromatic N) is 1. The zero-order chi connectivity index (χ0) is 23.8. The molecule has 1 aromatic carbocycles. The Labute approximate surface area is 187 Å². The fourth-order valence-electron chi connectivity index (χ4n) is 2.59. The molecule has 2 aromatic rings. The number of amides is 2. The number of esters is 1. The van der Waals surface area contributed by atoms with Crippen molar-refractivity contribution in [1.29, 1.82) is 0 Å². The van der Waals surface area contributed by atoms with Crippen molar-refractivity contribution in [3.63, 3.8) is 0 Å². The summed E-state index contributed by atoms with van der Waals surface area (Å²) in [6, 6.07) is 0.598. The lowest BCUT2D eigenvalue weighted by atomic mass is 10.1. The molecule has 0 saturated carbocycles. The number of benzene rings is 1. The van der Waals surface area contributed by atoms with E-state index in [0.29, 0.717) is 19.0 Å². The van der Waals surface area contributed by atoms with Gasteiger partial charge in [-0.1, -0.05) is 13.8 Å². The van der Waals surface area contributed by atoms with Gasteiger partial charge >= 0.3 is 12.0 Å². The predicted molar refractivity (Wildman–Crippen MR) is 114 cm³/mol. The maximum Gasteiger partial charge on any atom is 0.346 e. The van der Waals surface area contributed by atoms with E-state index in [9.17, 15) is 22.8 Å². The SMILES string of the molecule is COC(=O)c1c(OCc2c(F)cc(C)c(F)c2F)nsc1NC(=O)NCCCNC(C)C. The summed E-state index contributed by atoms with van der Waals surface area (Å²) in [5.41, 5.74) is -1.06. The van der Waals surface area contributed by atoms with Gasteiger partial charge in [-0.05, 0) is 43.1 Å². The first-order valence-electron chi connectivity index (χ1n) is 9.77. The number of methoxy groups -OCH3 is 1. The molecule has 0 atom stereocenters. The highest BCUT2D eigenvalue weighted by Crippen LogP contribution is 2.32. The lowest BCUT2D eigenvalue weighted by Gasteiger charge is -2.11. The highest BCUT2D eigenvalue weighted by molar-refractivity contribution is 7.11. The number of carbonyl (C=O) groups is 2. The number of halogens is 3. The molecule has 8 nitrogen and oxygen atoms in total. The molecule has 0 aliphatic rings. The molecule has 0 bridgehead atoms. The quantitative estimate of drug-likeness (QED) is 0.276. The second-order valence-electron chi connectivity index (χ2n) is 7.10. The van der Waals surface area contributed by atoms with Gasteiger partial charge in [-0.15, -0.1) is 0 Å². The molecule has 0 radical (unpaired) electrons. The van der Waals surface area contributed by atoms with Crippen LogP contribution in [0.25, 0.3) is 0 Å². The standard InChI is InChI=1S/C20H25F3N4O4S/c1-10(2)24-6-5-7-25-20(29)26-18-14(19(28)30-4)17(27-32-18)31-9-12-13(21)8-11(3)15(22)16(12)23/h8,10,24H,5-7,9H2,1-4H3,(H2,25,26,29). The van der Waals surface area contributed by atoms with Gasteiger partial charge in [0.1, 0.15) is 17.4 Å². The molecule has 12 heteroatoms. The van der Waals surface area contributed by atoms with Gasteiger partial charge in [0.2, 0.25) is 5.88 Å². The minimum Gasteiger partial charge on any atom is -0.471 e. The van der Waals surface area contributed by atoms with Gasteiger partial charge in [-0.25, -0.2) is 22.8 Å². The van der Waals surface area contributed by atoms with E-state index >= 15 is 0 Å².